The van der Waals surface area contributed by atoms with Gasteiger partial charge in [-0.3, -0.25) is 4.79 Å². The maximum atomic E-state index is 12.5. The highest BCUT2D eigenvalue weighted by Gasteiger charge is 2.18. The Morgan fingerprint density at radius 3 is 2.41 bits per heavy atom. The van der Waals surface area contributed by atoms with E-state index in [1.54, 1.807) is 6.92 Å². The van der Waals surface area contributed by atoms with Gasteiger partial charge in [-0.2, -0.15) is 0 Å². The molecule has 0 saturated carbocycles. The summed E-state index contributed by atoms with van der Waals surface area (Å²) in [4.78, 5) is 12.5. The number of hydrogen-bond donors (Lipinski definition) is 1. The van der Waals surface area contributed by atoms with E-state index in [1.165, 1.54) is 0 Å². The van der Waals surface area contributed by atoms with Gasteiger partial charge < -0.3 is 14.8 Å². The third kappa shape index (κ3) is 4.79. The molecule has 3 rings (SSSR count). The van der Waals surface area contributed by atoms with Crippen molar-refractivity contribution in [2.24, 2.45) is 0 Å². The standard InChI is InChI=1S/C23H25NO3/c1-16-9-4-7-13-21(16)26-15-17(2)24-23(25)18(3)27-22-14-8-11-19-10-5-6-12-20(19)22/h4-14,17-18H,15H2,1-3H3,(H,24,25)/t17-,18-/m0/s1. The first-order valence-electron chi connectivity index (χ1n) is 9.18. The molecule has 3 aromatic carbocycles. The monoisotopic (exact) mass is 363 g/mol. The Kier molecular flexibility index (Phi) is 5.97. The van der Waals surface area contributed by atoms with Gasteiger partial charge in [0.15, 0.2) is 6.10 Å². The molecule has 0 unspecified atom stereocenters. The first kappa shape index (κ1) is 18.8. The number of nitrogens with one attached hydrogen (secondary N) is 1. The van der Waals surface area contributed by atoms with E-state index in [0.717, 1.165) is 22.1 Å². The second kappa shape index (κ2) is 8.58. The molecule has 0 spiro atoms. The lowest BCUT2D eigenvalue weighted by molar-refractivity contribution is -0.128. The van der Waals surface area contributed by atoms with Crippen LogP contribution in [0.25, 0.3) is 10.8 Å². The summed E-state index contributed by atoms with van der Waals surface area (Å²) in [6.07, 6.45) is -0.600. The summed E-state index contributed by atoms with van der Waals surface area (Å²) in [5.74, 6) is 1.38. The largest absolute Gasteiger partial charge is 0.491 e. The second-order valence-corrected chi connectivity index (χ2v) is 6.72. The minimum Gasteiger partial charge on any atom is -0.491 e. The maximum Gasteiger partial charge on any atom is 0.261 e. The molecule has 0 aromatic heterocycles. The normalized spacial score (nSPS) is 13.0. The smallest absolute Gasteiger partial charge is 0.261 e. The van der Waals surface area contributed by atoms with Crippen molar-refractivity contribution < 1.29 is 14.3 Å². The number of benzene rings is 3. The molecule has 1 amide bonds. The number of carbonyl (C=O) groups is 1. The van der Waals surface area contributed by atoms with E-state index in [-0.39, 0.29) is 11.9 Å². The van der Waals surface area contributed by atoms with Crippen LogP contribution in [0.5, 0.6) is 11.5 Å². The number of amides is 1. The third-order valence-electron chi connectivity index (χ3n) is 4.39. The minimum absolute atomic E-state index is 0.129. The van der Waals surface area contributed by atoms with E-state index in [4.69, 9.17) is 9.47 Å². The quantitative estimate of drug-likeness (QED) is 0.672. The molecule has 0 aliphatic heterocycles. The van der Waals surface area contributed by atoms with E-state index in [9.17, 15) is 4.79 Å². The molecule has 0 bridgehead atoms. The predicted molar refractivity (Wildman–Crippen MR) is 108 cm³/mol. The van der Waals surface area contributed by atoms with Gasteiger partial charge >= 0.3 is 0 Å². The fourth-order valence-corrected chi connectivity index (χ4v) is 2.88. The van der Waals surface area contributed by atoms with Crippen molar-refractivity contribution in [1.82, 2.24) is 5.32 Å². The summed E-state index contributed by atoms with van der Waals surface area (Å²) >= 11 is 0. The first-order chi connectivity index (χ1) is 13.0. The van der Waals surface area contributed by atoms with Crippen LogP contribution in [0, 0.1) is 6.92 Å². The molecule has 2 atom stereocenters. The van der Waals surface area contributed by atoms with Crippen molar-refractivity contribution in [2.75, 3.05) is 6.61 Å². The van der Waals surface area contributed by atoms with Gasteiger partial charge in [-0.15, -0.1) is 0 Å². The molecule has 0 fully saturated rings. The fraction of sp³-hybridized carbons (Fsp3) is 0.261. The Balaban J connectivity index is 1.56. The summed E-state index contributed by atoms with van der Waals surface area (Å²) in [5, 5.41) is 5.03. The maximum absolute atomic E-state index is 12.5. The topological polar surface area (TPSA) is 47.6 Å². The first-order valence-corrected chi connectivity index (χ1v) is 9.18. The molecule has 0 aliphatic carbocycles. The molecular weight excluding hydrogens is 338 g/mol. The minimum atomic E-state index is -0.600. The zero-order valence-electron chi connectivity index (χ0n) is 15.9. The lowest BCUT2D eigenvalue weighted by atomic mass is 10.1. The van der Waals surface area contributed by atoms with Crippen molar-refractivity contribution in [2.45, 2.75) is 32.9 Å². The molecular formula is C23H25NO3. The summed E-state index contributed by atoms with van der Waals surface area (Å²) in [6.45, 7) is 6.07. The Morgan fingerprint density at radius 2 is 1.59 bits per heavy atom. The van der Waals surface area contributed by atoms with Crippen LogP contribution >= 0.6 is 0 Å². The molecule has 0 aliphatic rings. The number of rotatable bonds is 7. The van der Waals surface area contributed by atoms with Gasteiger partial charge in [-0.25, -0.2) is 0 Å². The highest BCUT2D eigenvalue weighted by Crippen LogP contribution is 2.26. The van der Waals surface area contributed by atoms with Gasteiger partial charge in [0.05, 0.1) is 6.04 Å². The molecule has 0 heterocycles. The van der Waals surface area contributed by atoms with Gasteiger partial charge in [0.1, 0.15) is 18.1 Å². The predicted octanol–water partition coefficient (Wildman–Crippen LogP) is 4.50. The fourth-order valence-electron chi connectivity index (χ4n) is 2.88. The van der Waals surface area contributed by atoms with E-state index in [2.05, 4.69) is 5.32 Å². The van der Waals surface area contributed by atoms with E-state index in [1.807, 2.05) is 80.6 Å². The summed E-state index contributed by atoms with van der Waals surface area (Å²) in [6, 6.07) is 21.5. The van der Waals surface area contributed by atoms with Crippen LogP contribution in [0.1, 0.15) is 19.4 Å². The highest BCUT2D eigenvalue weighted by atomic mass is 16.5. The highest BCUT2D eigenvalue weighted by molar-refractivity contribution is 5.89. The van der Waals surface area contributed by atoms with E-state index < -0.39 is 6.10 Å². The Bertz CT molecular complexity index is 917. The Labute approximate surface area is 160 Å². The molecule has 0 radical (unpaired) electrons. The molecule has 27 heavy (non-hydrogen) atoms. The molecule has 4 nitrogen and oxygen atoms in total. The average molecular weight is 363 g/mol. The zero-order chi connectivity index (χ0) is 19.2. The Hall–Kier alpha value is -3.01. The number of carbonyl (C=O) groups excluding carboxylic acids is 1. The lowest BCUT2D eigenvalue weighted by Gasteiger charge is -2.20. The number of para-hydroxylation sites is 1. The molecule has 140 valence electrons. The van der Waals surface area contributed by atoms with Gasteiger partial charge in [-0.1, -0.05) is 54.6 Å². The van der Waals surface area contributed by atoms with Crippen LogP contribution in [0.3, 0.4) is 0 Å². The molecule has 0 saturated heterocycles. The molecule has 3 aromatic rings. The van der Waals surface area contributed by atoms with Crippen molar-refractivity contribution in [3.63, 3.8) is 0 Å². The lowest BCUT2D eigenvalue weighted by Crippen LogP contribution is -2.43. The van der Waals surface area contributed by atoms with Gasteiger partial charge in [-0.05, 0) is 43.9 Å². The summed E-state index contributed by atoms with van der Waals surface area (Å²) < 4.78 is 11.7. The number of aryl methyl sites for hydroxylation is 1. The summed E-state index contributed by atoms with van der Waals surface area (Å²) in [7, 11) is 0. The second-order valence-electron chi connectivity index (χ2n) is 6.72. The zero-order valence-corrected chi connectivity index (χ0v) is 15.9. The molecule has 4 heteroatoms. The van der Waals surface area contributed by atoms with Crippen LogP contribution in [-0.4, -0.2) is 24.7 Å². The number of fused-ring (bicyclic) bond motifs is 1. The van der Waals surface area contributed by atoms with Crippen molar-refractivity contribution in [3.8, 4) is 11.5 Å². The average Bonchev–Trinajstić information content (AvgIpc) is 2.67. The Morgan fingerprint density at radius 1 is 0.926 bits per heavy atom. The number of hydrogen-bond acceptors (Lipinski definition) is 3. The van der Waals surface area contributed by atoms with E-state index >= 15 is 0 Å². The van der Waals surface area contributed by atoms with Crippen LogP contribution in [0.15, 0.2) is 66.7 Å². The van der Waals surface area contributed by atoms with Crippen LogP contribution in [-0.2, 0) is 4.79 Å². The van der Waals surface area contributed by atoms with Crippen molar-refractivity contribution in [1.29, 1.82) is 0 Å². The summed E-state index contributed by atoms with van der Waals surface area (Å²) in [5.41, 5.74) is 1.07. The van der Waals surface area contributed by atoms with Crippen LogP contribution in [0.4, 0.5) is 0 Å². The van der Waals surface area contributed by atoms with Crippen molar-refractivity contribution in [3.05, 3.63) is 72.3 Å². The van der Waals surface area contributed by atoms with Gasteiger partial charge in [0, 0.05) is 5.39 Å². The van der Waals surface area contributed by atoms with Gasteiger partial charge in [0.25, 0.3) is 5.91 Å². The van der Waals surface area contributed by atoms with Crippen LogP contribution in [0.2, 0.25) is 0 Å². The van der Waals surface area contributed by atoms with Crippen LogP contribution < -0.4 is 14.8 Å². The SMILES string of the molecule is Cc1ccccc1OC[C@H](C)NC(=O)[C@H](C)Oc1cccc2ccccc12. The van der Waals surface area contributed by atoms with E-state index in [0.29, 0.717) is 12.4 Å². The third-order valence-corrected chi connectivity index (χ3v) is 4.39. The van der Waals surface area contributed by atoms with Gasteiger partial charge in [0.2, 0.25) is 0 Å². The molecule has 1 N–H and O–H groups in total. The van der Waals surface area contributed by atoms with Crippen molar-refractivity contribution >= 4 is 16.7 Å². The number of ether oxygens (including phenoxy) is 2.